The first-order valence-corrected chi connectivity index (χ1v) is 13.7. The number of nitrogens with zero attached hydrogens (tertiary/aromatic N) is 5. The molecule has 2 aromatic heterocycles. The van der Waals surface area contributed by atoms with E-state index in [0.717, 1.165) is 48.3 Å². The fourth-order valence-electron chi connectivity index (χ4n) is 5.75. The standard InChI is InChI=1S/C29H35N7O/c37-29(32-24-8-10-27(31-19-24)36-13-5-2-6-14-36)28-25-16-22(7-9-26(25)33-34-28)23-15-21(17-30-18-23)20-35-11-3-1-4-12-35/h7-10,16-19,23H,1-6,11-15,20H2,(H,32,37)(H,33,34). The van der Waals surface area contributed by atoms with Crippen molar-refractivity contribution in [3.8, 4) is 0 Å². The number of piperidine rings is 2. The van der Waals surface area contributed by atoms with Crippen LogP contribution in [0.3, 0.4) is 0 Å². The van der Waals surface area contributed by atoms with Crippen molar-refractivity contribution in [1.82, 2.24) is 20.1 Å². The third-order valence-electron chi connectivity index (χ3n) is 7.80. The number of H-pyrrole nitrogens is 1. The molecule has 0 radical (unpaired) electrons. The number of likely N-dealkylation sites (tertiary alicyclic amines) is 1. The zero-order valence-corrected chi connectivity index (χ0v) is 21.3. The van der Waals surface area contributed by atoms with Gasteiger partial charge in [-0.3, -0.25) is 19.8 Å². The van der Waals surface area contributed by atoms with Gasteiger partial charge in [-0.1, -0.05) is 12.5 Å². The number of carbonyl (C=O) groups is 1. The molecule has 8 nitrogen and oxygen atoms in total. The molecule has 2 fully saturated rings. The average molecular weight is 498 g/mol. The van der Waals surface area contributed by atoms with Gasteiger partial charge in [0.15, 0.2) is 5.69 Å². The van der Waals surface area contributed by atoms with Gasteiger partial charge in [0.2, 0.25) is 0 Å². The number of rotatable bonds is 6. The van der Waals surface area contributed by atoms with Crippen LogP contribution in [0.1, 0.15) is 66.9 Å². The Morgan fingerprint density at radius 3 is 2.59 bits per heavy atom. The van der Waals surface area contributed by atoms with Crippen molar-refractivity contribution in [3.63, 3.8) is 0 Å². The van der Waals surface area contributed by atoms with Gasteiger partial charge in [0.25, 0.3) is 5.91 Å². The maximum absolute atomic E-state index is 13.2. The summed E-state index contributed by atoms with van der Waals surface area (Å²) in [6.07, 6.45) is 14.4. The van der Waals surface area contributed by atoms with Gasteiger partial charge in [-0.2, -0.15) is 5.10 Å². The normalized spacial score (nSPS) is 20.7. The first kappa shape index (κ1) is 23.9. The van der Waals surface area contributed by atoms with E-state index in [1.54, 1.807) is 6.20 Å². The molecule has 2 N–H and O–H groups in total. The molecule has 3 aliphatic rings. The molecule has 5 heterocycles. The number of anilines is 2. The largest absolute Gasteiger partial charge is 0.357 e. The number of aromatic nitrogens is 3. The lowest BCUT2D eigenvalue weighted by Gasteiger charge is -2.29. The smallest absolute Gasteiger partial charge is 0.276 e. The Morgan fingerprint density at radius 2 is 1.81 bits per heavy atom. The summed E-state index contributed by atoms with van der Waals surface area (Å²) in [5.41, 5.74) is 4.45. The van der Waals surface area contributed by atoms with E-state index in [1.165, 1.54) is 57.2 Å². The number of pyridine rings is 1. The van der Waals surface area contributed by atoms with Crippen LogP contribution < -0.4 is 10.2 Å². The number of hydrogen-bond acceptors (Lipinski definition) is 6. The predicted octanol–water partition coefficient (Wildman–Crippen LogP) is 5.13. The molecule has 1 unspecified atom stereocenters. The lowest BCUT2D eigenvalue weighted by Crippen LogP contribution is -2.32. The third-order valence-corrected chi connectivity index (χ3v) is 7.80. The van der Waals surface area contributed by atoms with Gasteiger partial charge in [-0.25, -0.2) is 4.98 Å². The molecule has 2 saturated heterocycles. The summed E-state index contributed by atoms with van der Waals surface area (Å²) in [4.78, 5) is 27.2. The molecule has 0 aliphatic carbocycles. The molecule has 192 valence electrons. The van der Waals surface area contributed by atoms with Crippen LogP contribution in [-0.4, -0.2) is 64.9 Å². The maximum atomic E-state index is 13.2. The van der Waals surface area contributed by atoms with Gasteiger partial charge < -0.3 is 10.2 Å². The van der Waals surface area contributed by atoms with Gasteiger partial charge in [0.05, 0.1) is 17.4 Å². The highest BCUT2D eigenvalue weighted by atomic mass is 16.1. The summed E-state index contributed by atoms with van der Waals surface area (Å²) in [5.74, 6) is 0.931. The van der Waals surface area contributed by atoms with Crippen LogP contribution in [0.2, 0.25) is 0 Å². The van der Waals surface area contributed by atoms with E-state index in [1.807, 2.05) is 30.6 Å². The van der Waals surface area contributed by atoms with E-state index in [0.29, 0.717) is 11.4 Å². The summed E-state index contributed by atoms with van der Waals surface area (Å²) >= 11 is 0. The monoisotopic (exact) mass is 497 g/mol. The molecule has 8 heteroatoms. The minimum Gasteiger partial charge on any atom is -0.357 e. The fourth-order valence-corrected chi connectivity index (χ4v) is 5.75. The van der Waals surface area contributed by atoms with Crippen molar-refractivity contribution in [3.05, 3.63) is 59.6 Å². The van der Waals surface area contributed by atoms with Crippen molar-refractivity contribution in [1.29, 1.82) is 0 Å². The van der Waals surface area contributed by atoms with E-state index in [2.05, 4.69) is 47.4 Å². The molecular weight excluding hydrogens is 462 g/mol. The SMILES string of the molecule is O=C(Nc1ccc(N2CCCCC2)nc1)c1n[nH]c2ccc(C3C=NC=C(CN4CCCCC4)C3)cc12. The Balaban J connectivity index is 1.14. The number of aliphatic imine (C=N–C) groups is 1. The highest BCUT2D eigenvalue weighted by Crippen LogP contribution is 2.30. The van der Waals surface area contributed by atoms with E-state index >= 15 is 0 Å². The number of fused-ring (bicyclic) bond motifs is 1. The van der Waals surface area contributed by atoms with Gasteiger partial charge in [-0.15, -0.1) is 0 Å². The molecule has 3 aromatic rings. The molecule has 0 spiro atoms. The second-order valence-electron chi connectivity index (χ2n) is 10.5. The minimum absolute atomic E-state index is 0.200. The third kappa shape index (κ3) is 5.44. The quantitative estimate of drug-likeness (QED) is 0.493. The molecule has 6 rings (SSSR count). The first-order valence-electron chi connectivity index (χ1n) is 13.7. The van der Waals surface area contributed by atoms with Crippen LogP contribution in [-0.2, 0) is 0 Å². The molecule has 1 atom stereocenters. The molecule has 37 heavy (non-hydrogen) atoms. The van der Waals surface area contributed by atoms with Crippen LogP contribution in [0.5, 0.6) is 0 Å². The van der Waals surface area contributed by atoms with E-state index in [-0.39, 0.29) is 11.8 Å². The summed E-state index contributed by atoms with van der Waals surface area (Å²) < 4.78 is 0. The van der Waals surface area contributed by atoms with E-state index in [9.17, 15) is 4.79 Å². The topological polar surface area (TPSA) is 89.5 Å². The molecule has 0 saturated carbocycles. The van der Waals surface area contributed by atoms with Crippen molar-refractivity contribution in [2.75, 3.05) is 42.9 Å². The molecule has 3 aliphatic heterocycles. The van der Waals surface area contributed by atoms with Crippen LogP contribution in [0.15, 0.2) is 53.3 Å². The van der Waals surface area contributed by atoms with Crippen molar-refractivity contribution < 1.29 is 4.79 Å². The van der Waals surface area contributed by atoms with Crippen molar-refractivity contribution in [2.24, 2.45) is 4.99 Å². The summed E-state index contributed by atoms with van der Waals surface area (Å²) in [5, 5.41) is 11.2. The minimum atomic E-state index is -0.237. The average Bonchev–Trinajstić information content (AvgIpc) is 3.38. The van der Waals surface area contributed by atoms with Crippen LogP contribution in [0.4, 0.5) is 11.5 Å². The Bertz CT molecular complexity index is 1300. The molecule has 1 amide bonds. The highest BCUT2D eigenvalue weighted by molar-refractivity contribution is 6.11. The first-order chi connectivity index (χ1) is 18.2. The number of nitrogens with one attached hydrogen (secondary N) is 2. The van der Waals surface area contributed by atoms with E-state index in [4.69, 9.17) is 0 Å². The zero-order chi connectivity index (χ0) is 25.0. The lowest BCUT2D eigenvalue weighted by atomic mass is 9.90. The van der Waals surface area contributed by atoms with Gasteiger partial charge in [0.1, 0.15) is 5.82 Å². The van der Waals surface area contributed by atoms with Crippen LogP contribution in [0.25, 0.3) is 10.9 Å². The Kier molecular flexibility index (Phi) is 6.99. The molecule has 0 bridgehead atoms. The lowest BCUT2D eigenvalue weighted by molar-refractivity contribution is 0.102. The Morgan fingerprint density at radius 1 is 1.00 bits per heavy atom. The highest BCUT2D eigenvalue weighted by Gasteiger charge is 2.21. The zero-order valence-electron chi connectivity index (χ0n) is 21.3. The van der Waals surface area contributed by atoms with Crippen LogP contribution in [0, 0.1) is 0 Å². The number of aromatic amines is 1. The van der Waals surface area contributed by atoms with Gasteiger partial charge in [0, 0.05) is 43.4 Å². The maximum Gasteiger partial charge on any atom is 0.276 e. The molecular formula is C29H35N7O. The summed E-state index contributed by atoms with van der Waals surface area (Å²) in [6.45, 7) is 5.45. The number of carbonyl (C=O) groups excluding carboxylic acids is 1. The number of hydrogen-bond donors (Lipinski definition) is 2. The fraction of sp³-hybridized carbons (Fsp3) is 0.448. The predicted molar refractivity (Wildman–Crippen MR) is 149 cm³/mol. The van der Waals surface area contributed by atoms with Gasteiger partial charge in [-0.05, 0) is 87.0 Å². The second-order valence-corrected chi connectivity index (χ2v) is 10.5. The second kappa shape index (κ2) is 10.8. The van der Waals surface area contributed by atoms with Crippen LogP contribution >= 0.6 is 0 Å². The molecule has 1 aromatic carbocycles. The van der Waals surface area contributed by atoms with Crippen molar-refractivity contribution in [2.45, 2.75) is 50.9 Å². The van der Waals surface area contributed by atoms with E-state index < -0.39 is 0 Å². The number of benzene rings is 1. The Labute approximate surface area is 217 Å². The summed E-state index contributed by atoms with van der Waals surface area (Å²) in [6, 6.07) is 10.1. The Hall–Kier alpha value is -3.52. The number of amides is 1. The van der Waals surface area contributed by atoms with Gasteiger partial charge >= 0.3 is 0 Å². The van der Waals surface area contributed by atoms with Crippen molar-refractivity contribution >= 4 is 34.5 Å². The summed E-state index contributed by atoms with van der Waals surface area (Å²) in [7, 11) is 0.